The molecule has 124 valence electrons. The number of pyridine rings is 1. The van der Waals surface area contributed by atoms with E-state index in [9.17, 15) is 14.4 Å². The standard InChI is InChI=1S/C14H16BrN3O5/c1-2-23-12(21)6-17-4-3-11-13(14(17)22)10(15)5-18(11)16-9(7-19)8-20/h3-5,7,9,16,20H,2,6,8H2,1H3/t9-/m1/s1. The number of ether oxygens (including phenoxy) is 1. The summed E-state index contributed by atoms with van der Waals surface area (Å²) in [6, 6.07) is 0.840. The Labute approximate surface area is 139 Å². The summed E-state index contributed by atoms with van der Waals surface area (Å²) in [5.41, 5.74) is 2.93. The number of rotatable bonds is 7. The van der Waals surface area contributed by atoms with E-state index in [0.29, 0.717) is 21.7 Å². The SMILES string of the molecule is CCOC(=O)Cn1ccc2c(c(Br)cn2N[C@H](C=O)CO)c1=O. The number of halogens is 1. The number of esters is 1. The van der Waals surface area contributed by atoms with Crippen molar-refractivity contribution in [3.8, 4) is 0 Å². The molecule has 2 aromatic rings. The van der Waals surface area contributed by atoms with Gasteiger partial charge < -0.3 is 24.6 Å². The van der Waals surface area contributed by atoms with Gasteiger partial charge in [0.05, 0.1) is 28.6 Å². The third-order valence-electron chi connectivity index (χ3n) is 3.15. The van der Waals surface area contributed by atoms with Crippen LogP contribution < -0.4 is 11.0 Å². The van der Waals surface area contributed by atoms with Crippen LogP contribution in [0.5, 0.6) is 0 Å². The molecule has 0 spiro atoms. The van der Waals surface area contributed by atoms with Crippen molar-refractivity contribution in [2.75, 3.05) is 18.6 Å². The van der Waals surface area contributed by atoms with Crippen molar-refractivity contribution in [3.63, 3.8) is 0 Å². The number of hydrogen-bond acceptors (Lipinski definition) is 6. The fourth-order valence-electron chi connectivity index (χ4n) is 2.11. The molecule has 0 aromatic carbocycles. The highest BCUT2D eigenvalue weighted by Crippen LogP contribution is 2.22. The molecule has 23 heavy (non-hydrogen) atoms. The Morgan fingerprint density at radius 2 is 2.30 bits per heavy atom. The fraction of sp³-hybridized carbons (Fsp3) is 0.357. The lowest BCUT2D eigenvalue weighted by Gasteiger charge is -2.13. The topological polar surface area (TPSA) is 103 Å². The molecule has 0 aliphatic carbocycles. The van der Waals surface area contributed by atoms with E-state index in [1.807, 2.05) is 0 Å². The summed E-state index contributed by atoms with van der Waals surface area (Å²) in [4.78, 5) is 34.9. The van der Waals surface area contributed by atoms with E-state index in [4.69, 9.17) is 9.84 Å². The van der Waals surface area contributed by atoms with Crippen LogP contribution in [0.25, 0.3) is 10.9 Å². The first kappa shape index (κ1) is 17.2. The summed E-state index contributed by atoms with van der Waals surface area (Å²) < 4.78 is 8.07. The number of aromatic nitrogens is 2. The van der Waals surface area contributed by atoms with Crippen LogP contribution in [-0.2, 0) is 20.9 Å². The van der Waals surface area contributed by atoms with Crippen molar-refractivity contribution < 1.29 is 19.4 Å². The maximum absolute atomic E-state index is 12.5. The lowest BCUT2D eigenvalue weighted by Crippen LogP contribution is -2.32. The molecule has 0 unspecified atom stereocenters. The average molecular weight is 386 g/mol. The number of carbonyl (C=O) groups is 2. The fourth-order valence-corrected chi connectivity index (χ4v) is 2.68. The molecule has 0 saturated heterocycles. The molecule has 0 saturated carbocycles. The van der Waals surface area contributed by atoms with E-state index in [1.165, 1.54) is 15.4 Å². The predicted octanol–water partition coefficient (Wildman–Crippen LogP) is 0.232. The van der Waals surface area contributed by atoms with E-state index < -0.39 is 12.0 Å². The molecule has 2 N–H and O–H groups in total. The number of aliphatic hydroxyl groups is 1. The van der Waals surface area contributed by atoms with Crippen LogP contribution in [0.3, 0.4) is 0 Å². The first-order valence-corrected chi connectivity index (χ1v) is 7.69. The minimum absolute atomic E-state index is 0.179. The van der Waals surface area contributed by atoms with E-state index in [-0.39, 0.29) is 25.3 Å². The van der Waals surface area contributed by atoms with Crippen LogP contribution in [0.2, 0.25) is 0 Å². The van der Waals surface area contributed by atoms with Gasteiger partial charge in [0.25, 0.3) is 5.56 Å². The molecular weight excluding hydrogens is 370 g/mol. The summed E-state index contributed by atoms with van der Waals surface area (Å²) in [5, 5.41) is 9.43. The maximum Gasteiger partial charge on any atom is 0.326 e. The minimum atomic E-state index is -0.792. The van der Waals surface area contributed by atoms with E-state index in [1.54, 1.807) is 19.2 Å². The molecular formula is C14H16BrN3O5. The summed E-state index contributed by atoms with van der Waals surface area (Å²) >= 11 is 3.29. The predicted molar refractivity (Wildman–Crippen MR) is 86.8 cm³/mol. The largest absolute Gasteiger partial charge is 0.465 e. The second-order valence-electron chi connectivity index (χ2n) is 4.72. The quantitative estimate of drug-likeness (QED) is 0.522. The normalized spacial score (nSPS) is 12.1. The lowest BCUT2D eigenvalue weighted by molar-refractivity contribution is -0.143. The highest BCUT2D eigenvalue weighted by Gasteiger charge is 2.15. The Balaban J connectivity index is 2.42. The molecule has 9 heteroatoms. The van der Waals surface area contributed by atoms with Crippen LogP contribution in [0, 0.1) is 0 Å². The number of nitrogens with zero attached hydrogens (tertiary/aromatic N) is 2. The monoisotopic (exact) mass is 385 g/mol. The van der Waals surface area contributed by atoms with E-state index in [0.717, 1.165) is 0 Å². The van der Waals surface area contributed by atoms with Gasteiger partial charge in [-0.3, -0.25) is 14.3 Å². The highest BCUT2D eigenvalue weighted by atomic mass is 79.9. The number of fused-ring (bicyclic) bond motifs is 1. The Morgan fingerprint density at radius 3 is 2.91 bits per heavy atom. The van der Waals surface area contributed by atoms with Crippen molar-refractivity contribution in [2.24, 2.45) is 0 Å². The zero-order valence-electron chi connectivity index (χ0n) is 12.4. The van der Waals surface area contributed by atoms with E-state index >= 15 is 0 Å². The van der Waals surface area contributed by atoms with Gasteiger partial charge in [-0.2, -0.15) is 0 Å². The van der Waals surface area contributed by atoms with Gasteiger partial charge in [0.2, 0.25) is 0 Å². The number of carbonyl (C=O) groups excluding carboxylic acids is 2. The maximum atomic E-state index is 12.5. The molecule has 0 radical (unpaired) electrons. The zero-order valence-corrected chi connectivity index (χ0v) is 13.9. The zero-order chi connectivity index (χ0) is 17.0. The van der Waals surface area contributed by atoms with Crippen molar-refractivity contribution in [3.05, 3.63) is 33.3 Å². The third kappa shape index (κ3) is 3.62. The van der Waals surface area contributed by atoms with Crippen molar-refractivity contribution >= 4 is 39.1 Å². The van der Waals surface area contributed by atoms with Crippen molar-refractivity contribution in [2.45, 2.75) is 19.5 Å². The lowest BCUT2D eigenvalue weighted by atomic mass is 10.3. The van der Waals surface area contributed by atoms with Gasteiger partial charge in [0, 0.05) is 12.4 Å². The Hall–Kier alpha value is -2.13. The summed E-state index contributed by atoms with van der Waals surface area (Å²) in [6.07, 6.45) is 3.62. The van der Waals surface area contributed by atoms with E-state index in [2.05, 4.69) is 21.4 Å². The number of aldehydes is 1. The molecule has 2 aromatic heterocycles. The Morgan fingerprint density at radius 1 is 1.57 bits per heavy atom. The van der Waals surface area contributed by atoms with Crippen LogP contribution >= 0.6 is 15.9 Å². The molecule has 0 fully saturated rings. The number of aliphatic hydroxyl groups excluding tert-OH is 1. The molecule has 2 heterocycles. The molecule has 0 aliphatic heterocycles. The summed E-state index contributed by atoms with van der Waals surface area (Å²) in [7, 11) is 0. The van der Waals surface area contributed by atoms with Gasteiger partial charge in [-0.25, -0.2) is 0 Å². The Bertz CT molecular complexity index is 783. The average Bonchev–Trinajstić information content (AvgIpc) is 2.84. The second kappa shape index (κ2) is 7.42. The van der Waals surface area contributed by atoms with Gasteiger partial charge in [0.15, 0.2) is 0 Å². The molecule has 0 amide bonds. The Kier molecular flexibility index (Phi) is 5.56. The van der Waals surface area contributed by atoms with Crippen LogP contribution in [-0.4, -0.2) is 45.9 Å². The van der Waals surface area contributed by atoms with Crippen LogP contribution in [0.15, 0.2) is 27.7 Å². The molecule has 1 atom stereocenters. The third-order valence-corrected chi connectivity index (χ3v) is 3.76. The van der Waals surface area contributed by atoms with Crippen molar-refractivity contribution in [1.82, 2.24) is 9.24 Å². The van der Waals surface area contributed by atoms with Gasteiger partial charge >= 0.3 is 5.97 Å². The van der Waals surface area contributed by atoms with Gasteiger partial charge in [-0.1, -0.05) is 0 Å². The van der Waals surface area contributed by atoms with Crippen LogP contribution in [0.4, 0.5) is 0 Å². The summed E-state index contributed by atoms with van der Waals surface area (Å²) in [5.74, 6) is -0.496. The first-order valence-electron chi connectivity index (χ1n) is 6.90. The molecule has 2 rings (SSSR count). The van der Waals surface area contributed by atoms with Gasteiger partial charge in [-0.15, -0.1) is 0 Å². The minimum Gasteiger partial charge on any atom is -0.465 e. The second-order valence-corrected chi connectivity index (χ2v) is 5.57. The smallest absolute Gasteiger partial charge is 0.326 e. The van der Waals surface area contributed by atoms with Gasteiger partial charge in [0.1, 0.15) is 18.9 Å². The highest BCUT2D eigenvalue weighted by molar-refractivity contribution is 9.10. The molecule has 0 aliphatic rings. The first-order chi connectivity index (χ1) is 11.0. The summed E-state index contributed by atoms with van der Waals surface area (Å²) in [6.45, 7) is 1.38. The molecule has 8 nitrogen and oxygen atoms in total. The van der Waals surface area contributed by atoms with Gasteiger partial charge in [-0.05, 0) is 28.9 Å². The number of nitrogens with one attached hydrogen (secondary N) is 1. The van der Waals surface area contributed by atoms with Crippen molar-refractivity contribution in [1.29, 1.82) is 0 Å². The number of hydrogen-bond donors (Lipinski definition) is 2. The molecule has 0 bridgehead atoms. The van der Waals surface area contributed by atoms with Crippen LogP contribution in [0.1, 0.15) is 6.92 Å².